The summed E-state index contributed by atoms with van der Waals surface area (Å²) in [6.45, 7) is 1.96. The van der Waals surface area contributed by atoms with Crippen molar-refractivity contribution in [2.75, 3.05) is 7.11 Å². The Morgan fingerprint density at radius 1 is 1.36 bits per heavy atom. The molecule has 1 unspecified atom stereocenters. The molecule has 1 rings (SSSR count). The van der Waals surface area contributed by atoms with Gasteiger partial charge in [0, 0.05) is 13.5 Å². The summed E-state index contributed by atoms with van der Waals surface area (Å²) < 4.78 is 5.08. The molecule has 2 nitrogen and oxygen atoms in total. The fourth-order valence-corrected chi connectivity index (χ4v) is 1.44. The van der Waals surface area contributed by atoms with Gasteiger partial charge in [0.25, 0.3) is 0 Å². The van der Waals surface area contributed by atoms with Crippen LogP contribution in [0.5, 0.6) is 0 Å². The summed E-state index contributed by atoms with van der Waals surface area (Å²) in [5, 5.41) is 0. The Labute approximate surface area is 84.9 Å². The van der Waals surface area contributed by atoms with Crippen LogP contribution in [0.1, 0.15) is 18.9 Å². The molecule has 0 amide bonds. The maximum absolute atomic E-state index is 11.6. The molecule has 0 aromatic heterocycles. The Hall–Kier alpha value is -1.15. The van der Waals surface area contributed by atoms with E-state index in [1.165, 1.54) is 0 Å². The number of carbonyl (C=O) groups excluding carboxylic acids is 1. The quantitative estimate of drug-likeness (QED) is 0.715. The molecule has 14 heavy (non-hydrogen) atoms. The predicted octanol–water partition coefficient (Wildman–Crippen LogP) is 2.22. The second kappa shape index (κ2) is 5.55. The number of carbonyl (C=O) groups is 1. The van der Waals surface area contributed by atoms with E-state index >= 15 is 0 Å². The van der Waals surface area contributed by atoms with E-state index in [4.69, 9.17) is 4.74 Å². The minimum Gasteiger partial charge on any atom is -0.374 e. The zero-order valence-corrected chi connectivity index (χ0v) is 8.69. The van der Waals surface area contributed by atoms with Crippen LogP contribution in [0, 0.1) is 0 Å². The number of hydrogen-bond acceptors (Lipinski definition) is 2. The smallest absolute Gasteiger partial charge is 0.165 e. The SMILES string of the molecule is CCC(OC)C(=O)Cc1ccccc1. The van der Waals surface area contributed by atoms with Gasteiger partial charge in [0.15, 0.2) is 5.78 Å². The lowest BCUT2D eigenvalue weighted by atomic mass is 10.0. The van der Waals surface area contributed by atoms with Gasteiger partial charge in [-0.05, 0) is 12.0 Å². The van der Waals surface area contributed by atoms with E-state index < -0.39 is 0 Å². The van der Waals surface area contributed by atoms with Gasteiger partial charge in [0.2, 0.25) is 0 Å². The van der Waals surface area contributed by atoms with Crippen LogP contribution in [0.25, 0.3) is 0 Å². The highest BCUT2D eigenvalue weighted by atomic mass is 16.5. The summed E-state index contributed by atoms with van der Waals surface area (Å²) in [6.07, 6.45) is 0.949. The monoisotopic (exact) mass is 192 g/mol. The second-order valence-electron chi connectivity index (χ2n) is 3.26. The highest BCUT2D eigenvalue weighted by Gasteiger charge is 2.14. The van der Waals surface area contributed by atoms with Crippen molar-refractivity contribution in [3.8, 4) is 0 Å². The summed E-state index contributed by atoms with van der Waals surface area (Å²) >= 11 is 0. The highest BCUT2D eigenvalue weighted by Crippen LogP contribution is 2.05. The van der Waals surface area contributed by atoms with Gasteiger partial charge >= 0.3 is 0 Å². The number of ketones is 1. The largest absolute Gasteiger partial charge is 0.374 e. The van der Waals surface area contributed by atoms with Crippen molar-refractivity contribution in [3.05, 3.63) is 35.9 Å². The maximum Gasteiger partial charge on any atom is 0.165 e. The number of ether oxygens (including phenoxy) is 1. The van der Waals surface area contributed by atoms with Gasteiger partial charge in [0.1, 0.15) is 6.10 Å². The fourth-order valence-electron chi connectivity index (χ4n) is 1.44. The van der Waals surface area contributed by atoms with Crippen molar-refractivity contribution < 1.29 is 9.53 Å². The van der Waals surface area contributed by atoms with Crippen LogP contribution in [0.15, 0.2) is 30.3 Å². The Bertz CT molecular complexity index is 276. The highest BCUT2D eigenvalue weighted by molar-refractivity contribution is 5.85. The number of methoxy groups -OCH3 is 1. The van der Waals surface area contributed by atoms with Gasteiger partial charge in [-0.25, -0.2) is 0 Å². The van der Waals surface area contributed by atoms with Gasteiger partial charge in [-0.1, -0.05) is 37.3 Å². The first kappa shape index (κ1) is 10.9. The van der Waals surface area contributed by atoms with E-state index in [9.17, 15) is 4.79 Å². The molecule has 0 aliphatic heterocycles. The fraction of sp³-hybridized carbons (Fsp3) is 0.417. The van der Waals surface area contributed by atoms with Crippen LogP contribution in [-0.2, 0) is 16.0 Å². The van der Waals surface area contributed by atoms with Gasteiger partial charge in [0.05, 0.1) is 0 Å². The van der Waals surface area contributed by atoms with E-state index in [0.29, 0.717) is 6.42 Å². The van der Waals surface area contributed by atoms with Gasteiger partial charge in [-0.3, -0.25) is 4.79 Å². The summed E-state index contributed by atoms with van der Waals surface area (Å²) in [6, 6.07) is 9.74. The molecule has 0 N–H and O–H groups in total. The van der Waals surface area contributed by atoms with Crippen molar-refractivity contribution in [1.29, 1.82) is 0 Å². The van der Waals surface area contributed by atoms with Crippen molar-refractivity contribution in [2.45, 2.75) is 25.9 Å². The molecule has 0 aliphatic carbocycles. The Kier molecular flexibility index (Phi) is 4.33. The summed E-state index contributed by atoms with van der Waals surface area (Å²) in [5.74, 6) is 0.154. The molecule has 2 heteroatoms. The van der Waals surface area contributed by atoms with Crippen LogP contribution in [0.2, 0.25) is 0 Å². The molecule has 76 valence electrons. The Morgan fingerprint density at radius 3 is 2.50 bits per heavy atom. The van der Waals surface area contributed by atoms with Gasteiger partial charge in [-0.15, -0.1) is 0 Å². The number of rotatable bonds is 5. The van der Waals surface area contributed by atoms with Crippen LogP contribution >= 0.6 is 0 Å². The zero-order chi connectivity index (χ0) is 10.4. The van der Waals surface area contributed by atoms with E-state index in [1.807, 2.05) is 37.3 Å². The molecule has 0 saturated carbocycles. The second-order valence-corrected chi connectivity index (χ2v) is 3.26. The molecular formula is C12H16O2. The molecule has 0 radical (unpaired) electrons. The number of benzene rings is 1. The molecule has 0 fully saturated rings. The summed E-state index contributed by atoms with van der Waals surface area (Å²) in [5.41, 5.74) is 1.05. The Balaban J connectivity index is 2.57. The number of Topliss-reactive ketones (excluding diaryl/α,β-unsaturated/α-hetero) is 1. The lowest BCUT2D eigenvalue weighted by molar-refractivity contribution is -0.128. The van der Waals surface area contributed by atoms with Crippen LogP contribution in [-0.4, -0.2) is 19.0 Å². The van der Waals surface area contributed by atoms with Crippen molar-refractivity contribution >= 4 is 5.78 Å². The van der Waals surface area contributed by atoms with Crippen molar-refractivity contribution in [3.63, 3.8) is 0 Å². The zero-order valence-electron chi connectivity index (χ0n) is 8.69. The third kappa shape index (κ3) is 2.96. The normalized spacial score (nSPS) is 12.4. The molecule has 0 saturated heterocycles. The molecule has 1 aromatic carbocycles. The lowest BCUT2D eigenvalue weighted by Crippen LogP contribution is -2.23. The molecule has 0 spiro atoms. The average Bonchev–Trinajstić information content (AvgIpc) is 2.21. The van der Waals surface area contributed by atoms with Crippen LogP contribution < -0.4 is 0 Å². The van der Waals surface area contributed by atoms with Crippen molar-refractivity contribution in [2.24, 2.45) is 0 Å². The third-order valence-corrected chi connectivity index (χ3v) is 2.24. The first-order chi connectivity index (χ1) is 6.77. The lowest BCUT2D eigenvalue weighted by Gasteiger charge is -2.11. The first-order valence-corrected chi connectivity index (χ1v) is 4.87. The minimum absolute atomic E-state index is 0.154. The molecule has 1 aromatic rings. The summed E-state index contributed by atoms with van der Waals surface area (Å²) in [4.78, 5) is 11.6. The predicted molar refractivity (Wildman–Crippen MR) is 56.2 cm³/mol. The first-order valence-electron chi connectivity index (χ1n) is 4.87. The van der Waals surface area contributed by atoms with E-state index in [2.05, 4.69) is 0 Å². The van der Waals surface area contributed by atoms with Gasteiger partial charge < -0.3 is 4.74 Å². The average molecular weight is 192 g/mol. The molecule has 0 heterocycles. The Morgan fingerprint density at radius 2 is 2.00 bits per heavy atom. The standard InChI is InChI=1S/C12H16O2/c1-3-12(14-2)11(13)9-10-7-5-4-6-8-10/h4-8,12H,3,9H2,1-2H3. The van der Waals surface area contributed by atoms with Crippen LogP contribution in [0.4, 0.5) is 0 Å². The summed E-state index contributed by atoms with van der Waals surface area (Å²) in [7, 11) is 1.58. The molecule has 0 aliphatic rings. The van der Waals surface area contributed by atoms with E-state index in [0.717, 1.165) is 12.0 Å². The van der Waals surface area contributed by atoms with Crippen LogP contribution in [0.3, 0.4) is 0 Å². The van der Waals surface area contributed by atoms with Gasteiger partial charge in [-0.2, -0.15) is 0 Å². The molecular weight excluding hydrogens is 176 g/mol. The maximum atomic E-state index is 11.6. The molecule has 0 bridgehead atoms. The minimum atomic E-state index is -0.254. The van der Waals surface area contributed by atoms with E-state index in [1.54, 1.807) is 7.11 Å². The molecule has 1 atom stereocenters. The number of hydrogen-bond donors (Lipinski definition) is 0. The topological polar surface area (TPSA) is 26.3 Å². The van der Waals surface area contributed by atoms with Crippen molar-refractivity contribution in [1.82, 2.24) is 0 Å². The van der Waals surface area contributed by atoms with E-state index in [-0.39, 0.29) is 11.9 Å². The third-order valence-electron chi connectivity index (χ3n) is 2.24.